The summed E-state index contributed by atoms with van der Waals surface area (Å²) in [5, 5.41) is 9.67. The van der Waals surface area contributed by atoms with Gasteiger partial charge in [0.2, 0.25) is 5.91 Å². The number of aliphatic hydroxyl groups excluding tert-OH is 1. The minimum atomic E-state index is -0.922. The molecular formula is C24H26N2O6S. The van der Waals surface area contributed by atoms with Crippen LogP contribution in [0.25, 0.3) is 0 Å². The molecule has 9 heteroatoms. The number of aliphatic hydroxyl groups is 1. The summed E-state index contributed by atoms with van der Waals surface area (Å²) < 4.78 is 9.66. The fraction of sp³-hybridized carbons (Fsp3) is 0.458. The number of methoxy groups -OCH3 is 1. The third-order valence-electron chi connectivity index (χ3n) is 6.97. The minimum Gasteiger partial charge on any atom is -0.497 e. The van der Waals surface area contributed by atoms with E-state index in [1.54, 1.807) is 37.1 Å². The number of cyclic esters (lactones) is 1. The smallest absolute Gasteiger partial charge is 0.311 e. The molecule has 33 heavy (non-hydrogen) atoms. The maximum absolute atomic E-state index is 14.1. The highest BCUT2D eigenvalue weighted by Crippen LogP contribution is 2.61. The van der Waals surface area contributed by atoms with Crippen molar-refractivity contribution in [3.8, 4) is 5.75 Å². The molecule has 0 radical (unpaired) electrons. The summed E-state index contributed by atoms with van der Waals surface area (Å²) in [5.74, 6) is -1.67. The minimum absolute atomic E-state index is 0.181. The number of anilines is 1. The molecule has 174 valence electrons. The van der Waals surface area contributed by atoms with E-state index in [-0.39, 0.29) is 30.3 Å². The molecule has 5 rings (SSSR count). The van der Waals surface area contributed by atoms with Gasteiger partial charge in [-0.3, -0.25) is 14.4 Å². The van der Waals surface area contributed by atoms with E-state index >= 15 is 0 Å². The Kier molecular flexibility index (Phi) is 5.49. The first-order valence-corrected chi connectivity index (χ1v) is 11.9. The SMILES string of the molecule is COc1ccc(N2CC=C[C@]34S[C@H]5C=CCOC(=O)[C@H]5[C@H]3C(=O)N([C@H](C)CO)C4C2=O)cc1. The number of hydrogen-bond acceptors (Lipinski definition) is 7. The predicted molar refractivity (Wildman–Crippen MR) is 123 cm³/mol. The van der Waals surface area contributed by atoms with Crippen LogP contribution in [0.1, 0.15) is 6.92 Å². The molecule has 1 N–H and O–H groups in total. The second-order valence-electron chi connectivity index (χ2n) is 8.73. The second kappa shape index (κ2) is 8.22. The Morgan fingerprint density at radius 3 is 2.67 bits per heavy atom. The van der Waals surface area contributed by atoms with Crippen LogP contribution in [0.15, 0.2) is 48.6 Å². The first-order chi connectivity index (χ1) is 15.9. The Balaban J connectivity index is 1.61. The molecule has 4 aliphatic heterocycles. The van der Waals surface area contributed by atoms with Crippen LogP contribution < -0.4 is 9.64 Å². The highest BCUT2D eigenvalue weighted by atomic mass is 32.2. The van der Waals surface area contributed by atoms with Gasteiger partial charge >= 0.3 is 5.97 Å². The zero-order chi connectivity index (χ0) is 23.3. The van der Waals surface area contributed by atoms with Crippen molar-refractivity contribution in [3.63, 3.8) is 0 Å². The average molecular weight is 471 g/mol. The molecule has 0 aliphatic carbocycles. The van der Waals surface area contributed by atoms with Crippen LogP contribution in [0.4, 0.5) is 5.69 Å². The highest BCUT2D eigenvalue weighted by molar-refractivity contribution is 8.02. The van der Waals surface area contributed by atoms with E-state index in [9.17, 15) is 19.5 Å². The fourth-order valence-corrected chi connectivity index (χ4v) is 7.45. The molecule has 6 atom stereocenters. The number of fused-ring (bicyclic) bond motifs is 2. The zero-order valence-corrected chi connectivity index (χ0v) is 19.2. The number of likely N-dealkylation sites (tertiary alicyclic amines) is 1. The zero-order valence-electron chi connectivity index (χ0n) is 18.4. The standard InChI is InChI=1S/C24H26N2O6S/c1-14(13-27)26-20-22(29)25(15-6-8-16(31-2)9-7-15)11-4-10-24(20)19(21(26)28)18-17(33-24)5-3-12-32-23(18)30/h3-10,14,17-20,27H,11-13H2,1-2H3/t14-,17+,18-,19+,20?,24+/m1/s1. The predicted octanol–water partition coefficient (Wildman–Crippen LogP) is 1.39. The molecule has 1 aromatic rings. The molecule has 4 heterocycles. The van der Waals surface area contributed by atoms with Gasteiger partial charge < -0.3 is 24.4 Å². The molecule has 0 aromatic heterocycles. The average Bonchev–Trinajstić information content (AvgIpc) is 3.13. The lowest BCUT2D eigenvalue weighted by Crippen LogP contribution is -2.56. The van der Waals surface area contributed by atoms with E-state index in [1.165, 1.54) is 16.7 Å². The van der Waals surface area contributed by atoms with Gasteiger partial charge in [-0.05, 0) is 31.2 Å². The largest absolute Gasteiger partial charge is 0.497 e. The number of esters is 1. The molecule has 4 aliphatic rings. The van der Waals surface area contributed by atoms with Crippen LogP contribution in [-0.2, 0) is 19.1 Å². The molecular weight excluding hydrogens is 444 g/mol. The lowest BCUT2D eigenvalue weighted by molar-refractivity contribution is -0.152. The number of rotatable bonds is 4. The Hall–Kier alpha value is -2.78. The second-order valence-corrected chi connectivity index (χ2v) is 10.2. The van der Waals surface area contributed by atoms with E-state index in [0.29, 0.717) is 18.0 Å². The summed E-state index contributed by atoms with van der Waals surface area (Å²) in [5.41, 5.74) is 0.687. The maximum Gasteiger partial charge on any atom is 0.311 e. The van der Waals surface area contributed by atoms with Crippen LogP contribution in [0.3, 0.4) is 0 Å². The van der Waals surface area contributed by atoms with Crippen molar-refractivity contribution in [3.05, 3.63) is 48.6 Å². The van der Waals surface area contributed by atoms with E-state index < -0.39 is 34.6 Å². The first-order valence-electron chi connectivity index (χ1n) is 11.0. The molecule has 1 aromatic carbocycles. The summed E-state index contributed by atoms with van der Waals surface area (Å²) >= 11 is 1.48. The molecule has 1 spiro atoms. The van der Waals surface area contributed by atoms with Gasteiger partial charge in [-0.25, -0.2) is 0 Å². The van der Waals surface area contributed by atoms with Gasteiger partial charge in [0.15, 0.2) is 0 Å². The Labute approximate surface area is 196 Å². The quantitative estimate of drug-likeness (QED) is 0.525. The molecule has 2 saturated heterocycles. The number of carbonyl (C=O) groups is 3. The topological polar surface area (TPSA) is 96.4 Å². The fourth-order valence-electron chi connectivity index (χ4n) is 5.46. The molecule has 0 bridgehead atoms. The van der Waals surface area contributed by atoms with E-state index in [2.05, 4.69) is 0 Å². The summed E-state index contributed by atoms with van der Waals surface area (Å²) in [7, 11) is 1.58. The number of carbonyl (C=O) groups excluding carboxylic acids is 3. The Morgan fingerprint density at radius 2 is 1.97 bits per heavy atom. The van der Waals surface area contributed by atoms with Crippen molar-refractivity contribution in [1.29, 1.82) is 0 Å². The van der Waals surface area contributed by atoms with Gasteiger partial charge in [0.1, 0.15) is 18.4 Å². The Morgan fingerprint density at radius 1 is 1.21 bits per heavy atom. The molecule has 8 nitrogen and oxygen atoms in total. The van der Waals surface area contributed by atoms with E-state index in [4.69, 9.17) is 9.47 Å². The number of ether oxygens (including phenoxy) is 2. The number of benzene rings is 1. The van der Waals surface area contributed by atoms with Crippen LogP contribution in [0, 0.1) is 11.8 Å². The number of thioether (sulfide) groups is 1. The third kappa shape index (κ3) is 3.20. The van der Waals surface area contributed by atoms with Crippen molar-refractivity contribution in [2.75, 3.05) is 31.8 Å². The molecule has 1 unspecified atom stereocenters. The number of nitrogens with zero attached hydrogens (tertiary/aromatic N) is 2. The molecule has 2 amide bonds. The monoisotopic (exact) mass is 470 g/mol. The van der Waals surface area contributed by atoms with Crippen molar-refractivity contribution >= 4 is 35.2 Å². The molecule has 2 fully saturated rings. The number of amides is 2. The van der Waals surface area contributed by atoms with Crippen LogP contribution in [0.2, 0.25) is 0 Å². The van der Waals surface area contributed by atoms with Crippen molar-refractivity contribution in [2.24, 2.45) is 11.8 Å². The summed E-state index contributed by atoms with van der Waals surface area (Å²) in [6, 6.07) is 5.76. The van der Waals surface area contributed by atoms with Crippen molar-refractivity contribution in [2.45, 2.75) is 29.0 Å². The highest BCUT2D eigenvalue weighted by Gasteiger charge is 2.71. The first kappa shape index (κ1) is 22.0. The van der Waals surface area contributed by atoms with Gasteiger partial charge in [0.05, 0.1) is 36.3 Å². The van der Waals surface area contributed by atoms with Crippen LogP contribution >= 0.6 is 11.8 Å². The van der Waals surface area contributed by atoms with Gasteiger partial charge in [-0.15, -0.1) is 11.8 Å². The lowest BCUT2D eigenvalue weighted by atomic mass is 9.78. The van der Waals surface area contributed by atoms with Gasteiger partial charge in [0.25, 0.3) is 5.91 Å². The molecule has 0 saturated carbocycles. The summed E-state index contributed by atoms with van der Waals surface area (Å²) in [6.45, 7) is 1.95. The Bertz CT molecular complexity index is 1040. The van der Waals surface area contributed by atoms with Gasteiger partial charge in [-0.1, -0.05) is 24.3 Å². The summed E-state index contributed by atoms with van der Waals surface area (Å²) in [4.78, 5) is 43.9. The number of hydrogen-bond donors (Lipinski definition) is 1. The maximum atomic E-state index is 14.1. The van der Waals surface area contributed by atoms with Crippen molar-refractivity contribution in [1.82, 2.24) is 4.90 Å². The van der Waals surface area contributed by atoms with E-state index in [1.807, 2.05) is 30.4 Å². The normalized spacial score (nSPS) is 33.7. The van der Waals surface area contributed by atoms with Gasteiger partial charge in [-0.2, -0.15) is 0 Å². The van der Waals surface area contributed by atoms with E-state index in [0.717, 1.165) is 0 Å². The van der Waals surface area contributed by atoms with Crippen molar-refractivity contribution < 1.29 is 29.0 Å². The lowest BCUT2D eigenvalue weighted by Gasteiger charge is -2.37. The third-order valence-corrected chi connectivity index (χ3v) is 8.72. The summed E-state index contributed by atoms with van der Waals surface area (Å²) in [6.07, 6.45) is 7.56. The van der Waals surface area contributed by atoms with Crippen LogP contribution in [-0.4, -0.2) is 76.7 Å². The van der Waals surface area contributed by atoms with Crippen LogP contribution in [0.5, 0.6) is 5.75 Å². The van der Waals surface area contributed by atoms with Gasteiger partial charge in [0, 0.05) is 17.5 Å².